The Labute approximate surface area is 128 Å². The number of aliphatic carboxylic acids is 1. The van der Waals surface area contributed by atoms with Gasteiger partial charge in [-0.25, -0.2) is 0 Å². The summed E-state index contributed by atoms with van der Waals surface area (Å²) in [7, 11) is -2.39. The summed E-state index contributed by atoms with van der Waals surface area (Å²) >= 11 is 0. The molecule has 0 aliphatic carbocycles. The van der Waals surface area contributed by atoms with Crippen LogP contribution in [0.25, 0.3) is 0 Å². The number of amides is 1. The van der Waals surface area contributed by atoms with Crippen LogP contribution >= 0.6 is 0 Å². The van der Waals surface area contributed by atoms with Crippen molar-refractivity contribution in [3.63, 3.8) is 0 Å². The molecule has 0 spiro atoms. The van der Waals surface area contributed by atoms with Crippen LogP contribution in [0.1, 0.15) is 12.0 Å². The Morgan fingerprint density at radius 3 is 2.50 bits per heavy atom. The Morgan fingerprint density at radius 2 is 1.91 bits per heavy atom. The normalized spacial score (nSPS) is 9.82. The third-order valence-corrected chi connectivity index (χ3v) is 2.94. The van der Waals surface area contributed by atoms with E-state index in [9.17, 15) is 18.0 Å². The highest BCUT2D eigenvalue weighted by molar-refractivity contribution is 7.61. The molecule has 1 aromatic rings. The first-order valence-electron chi connectivity index (χ1n) is 6.44. The minimum Gasteiger partial charge on any atom is -0.484 e. The van der Waals surface area contributed by atoms with E-state index in [-0.39, 0.29) is 26.1 Å². The predicted octanol–water partition coefficient (Wildman–Crippen LogP) is 0.262. The van der Waals surface area contributed by atoms with E-state index in [0.717, 1.165) is 5.56 Å². The van der Waals surface area contributed by atoms with Crippen molar-refractivity contribution in [2.75, 3.05) is 19.7 Å². The van der Waals surface area contributed by atoms with Crippen molar-refractivity contribution in [1.29, 1.82) is 0 Å². The molecule has 0 aromatic heterocycles. The van der Waals surface area contributed by atoms with Crippen LogP contribution in [0, 0.1) is 0 Å². The number of carbonyl (C=O) groups excluding carboxylic acids is 1. The maximum atomic E-state index is 11.4. The molecule has 0 radical (unpaired) electrons. The molecule has 0 aliphatic rings. The maximum absolute atomic E-state index is 11.4. The fourth-order valence-electron chi connectivity index (χ4n) is 1.51. The number of carboxylic acid groups (broad SMARTS) is 1. The maximum Gasteiger partial charge on any atom is 0.311 e. The Bertz CT molecular complexity index is 631. The number of benzene rings is 1. The van der Waals surface area contributed by atoms with Gasteiger partial charge in [0.15, 0.2) is 6.61 Å². The zero-order valence-corrected chi connectivity index (χ0v) is 12.5. The highest BCUT2D eigenvalue weighted by atomic mass is 32.2. The van der Waals surface area contributed by atoms with E-state index in [0.29, 0.717) is 12.2 Å². The summed E-state index contributed by atoms with van der Waals surface area (Å²) in [5.41, 5.74) is 0.896. The first-order chi connectivity index (χ1) is 10.5. The lowest BCUT2D eigenvalue weighted by Gasteiger charge is -2.07. The van der Waals surface area contributed by atoms with Gasteiger partial charge in [-0.3, -0.25) is 9.59 Å². The molecule has 8 nitrogen and oxygen atoms in total. The van der Waals surface area contributed by atoms with Crippen LogP contribution in [-0.2, 0) is 26.5 Å². The topological polar surface area (TPSA) is 122 Å². The van der Waals surface area contributed by atoms with Crippen molar-refractivity contribution in [3.05, 3.63) is 29.8 Å². The monoisotopic (exact) mass is 328 g/mol. The highest BCUT2D eigenvalue weighted by Crippen LogP contribution is 2.12. The fraction of sp³-hybridized carbons (Fsp3) is 0.385. The van der Waals surface area contributed by atoms with Gasteiger partial charge in [0.2, 0.25) is 0 Å². The molecule has 0 fully saturated rings. The predicted molar refractivity (Wildman–Crippen MR) is 77.1 cm³/mol. The Balaban J connectivity index is 2.33. The fourth-order valence-corrected chi connectivity index (χ4v) is 1.75. The lowest BCUT2D eigenvalue weighted by molar-refractivity contribution is -0.137. The molecule has 0 saturated heterocycles. The van der Waals surface area contributed by atoms with Gasteiger partial charge in [-0.05, 0) is 24.1 Å². The third-order valence-electron chi connectivity index (χ3n) is 2.55. The lowest BCUT2D eigenvalue weighted by atomic mass is 10.1. The highest BCUT2D eigenvalue weighted by Gasteiger charge is 2.04. The Hall–Kier alpha value is -2.42. The number of nitrogens with zero attached hydrogens (tertiary/aromatic N) is 1. The van der Waals surface area contributed by atoms with E-state index in [4.69, 9.17) is 9.84 Å². The number of carboxylic acids is 1. The minimum atomic E-state index is -2.39. The van der Waals surface area contributed by atoms with E-state index < -0.39 is 22.4 Å². The van der Waals surface area contributed by atoms with E-state index >= 15 is 0 Å². The molecule has 2 N–H and O–H groups in total. The number of carbonyl (C=O) groups is 2. The average molecular weight is 328 g/mol. The molecule has 0 bridgehead atoms. The lowest BCUT2D eigenvalue weighted by Crippen LogP contribution is -2.30. The summed E-state index contributed by atoms with van der Waals surface area (Å²) in [5, 5.41) is 10.8. The van der Waals surface area contributed by atoms with Crippen molar-refractivity contribution in [2.45, 2.75) is 12.8 Å². The summed E-state index contributed by atoms with van der Waals surface area (Å²) in [6.45, 7) is 0.0345. The standard InChI is InChI=1S/C13H16N2O6S/c16-12(14-7-6-13(17)18)9-21-11-3-1-10(2-4-11)5-8-15-22(19)20/h1-4H,5-9H2,(H,14,16)(H,17,18). The molecule has 22 heavy (non-hydrogen) atoms. The van der Waals surface area contributed by atoms with Gasteiger partial charge in [-0.15, -0.1) is 0 Å². The molecule has 1 rings (SSSR count). The van der Waals surface area contributed by atoms with E-state index in [1.807, 2.05) is 0 Å². The van der Waals surface area contributed by atoms with Crippen LogP contribution in [0.3, 0.4) is 0 Å². The Morgan fingerprint density at radius 1 is 1.23 bits per heavy atom. The third kappa shape index (κ3) is 8.00. The second kappa shape index (κ2) is 9.50. The summed E-state index contributed by atoms with van der Waals surface area (Å²) in [6.07, 6.45) is 0.351. The largest absolute Gasteiger partial charge is 0.484 e. The first kappa shape index (κ1) is 17.6. The van der Waals surface area contributed by atoms with Gasteiger partial charge in [-0.2, -0.15) is 12.8 Å². The van der Waals surface area contributed by atoms with Crippen molar-refractivity contribution >= 4 is 22.4 Å². The number of hydrogen-bond acceptors (Lipinski definition) is 6. The van der Waals surface area contributed by atoms with Crippen molar-refractivity contribution in [3.8, 4) is 5.75 Å². The van der Waals surface area contributed by atoms with Crippen molar-refractivity contribution in [1.82, 2.24) is 5.32 Å². The summed E-state index contributed by atoms with van der Waals surface area (Å²) in [4.78, 5) is 21.7. The van der Waals surface area contributed by atoms with Gasteiger partial charge in [0.1, 0.15) is 5.75 Å². The molecule has 0 unspecified atom stereocenters. The molecule has 120 valence electrons. The minimum absolute atomic E-state index is 0.0566. The van der Waals surface area contributed by atoms with Crippen molar-refractivity contribution in [2.24, 2.45) is 4.36 Å². The zero-order chi connectivity index (χ0) is 16.4. The molecule has 0 heterocycles. The van der Waals surface area contributed by atoms with Crippen LogP contribution < -0.4 is 10.1 Å². The molecular weight excluding hydrogens is 312 g/mol. The van der Waals surface area contributed by atoms with Gasteiger partial charge in [0.25, 0.3) is 5.91 Å². The van der Waals surface area contributed by atoms with Crippen molar-refractivity contribution < 1.29 is 27.9 Å². The van der Waals surface area contributed by atoms with Crippen LogP contribution in [0.4, 0.5) is 0 Å². The Kier molecular flexibility index (Phi) is 7.62. The molecule has 9 heteroatoms. The SMILES string of the molecule is O=C(O)CCNC(=O)COc1ccc(CCN=S(=O)=O)cc1. The number of rotatable bonds is 9. The van der Waals surface area contributed by atoms with Gasteiger partial charge < -0.3 is 15.2 Å². The molecule has 0 atom stereocenters. The van der Waals surface area contributed by atoms with E-state index in [1.165, 1.54) is 0 Å². The quantitative estimate of drug-likeness (QED) is 0.670. The van der Waals surface area contributed by atoms with E-state index in [1.54, 1.807) is 24.3 Å². The summed E-state index contributed by atoms with van der Waals surface area (Å²) < 4.78 is 29.1. The van der Waals surface area contributed by atoms with Gasteiger partial charge >= 0.3 is 16.5 Å². The van der Waals surface area contributed by atoms with Crippen LogP contribution in [0.5, 0.6) is 5.75 Å². The van der Waals surface area contributed by atoms with E-state index in [2.05, 4.69) is 9.68 Å². The summed E-state index contributed by atoms with van der Waals surface area (Å²) in [5.74, 6) is -0.895. The second-order valence-corrected chi connectivity index (χ2v) is 4.94. The average Bonchev–Trinajstić information content (AvgIpc) is 2.45. The first-order valence-corrected chi connectivity index (χ1v) is 7.47. The summed E-state index contributed by atoms with van der Waals surface area (Å²) in [6, 6.07) is 6.82. The molecule has 0 aliphatic heterocycles. The number of nitrogens with one attached hydrogen (secondary N) is 1. The molecular formula is C13H16N2O6S. The number of ether oxygens (including phenoxy) is 1. The van der Waals surface area contributed by atoms with Gasteiger partial charge in [-0.1, -0.05) is 12.1 Å². The molecule has 1 amide bonds. The smallest absolute Gasteiger partial charge is 0.311 e. The molecule has 1 aromatic carbocycles. The number of hydrogen-bond donors (Lipinski definition) is 2. The van der Waals surface area contributed by atoms with Gasteiger partial charge in [0.05, 0.1) is 13.0 Å². The van der Waals surface area contributed by atoms with Gasteiger partial charge in [0, 0.05) is 6.54 Å². The zero-order valence-electron chi connectivity index (χ0n) is 11.7. The van der Waals surface area contributed by atoms with Crippen LogP contribution in [0.2, 0.25) is 0 Å². The second-order valence-electron chi connectivity index (χ2n) is 4.25. The molecule has 0 saturated carbocycles. The van der Waals surface area contributed by atoms with Crippen LogP contribution in [0.15, 0.2) is 28.6 Å². The van der Waals surface area contributed by atoms with Crippen LogP contribution in [-0.4, -0.2) is 45.1 Å².